The molecular weight excluding hydrogens is 244 g/mol. The molecule has 1 saturated carbocycles. The third-order valence-corrected chi connectivity index (χ3v) is 3.70. The molecule has 2 rings (SSSR count). The van der Waals surface area contributed by atoms with Crippen LogP contribution in [0.5, 0.6) is 0 Å². The summed E-state index contributed by atoms with van der Waals surface area (Å²) in [6, 6.07) is 4.85. The van der Waals surface area contributed by atoms with Gasteiger partial charge < -0.3 is 15.0 Å². The van der Waals surface area contributed by atoms with Gasteiger partial charge in [-0.3, -0.25) is 9.59 Å². The smallest absolute Gasteiger partial charge is 0.250 e. The maximum Gasteiger partial charge on any atom is 0.250 e. The number of rotatable bonds is 4. The lowest BCUT2D eigenvalue weighted by Gasteiger charge is -2.30. The molecule has 2 N–H and O–H groups in total. The summed E-state index contributed by atoms with van der Waals surface area (Å²) in [5.74, 6) is -0.0242. The summed E-state index contributed by atoms with van der Waals surface area (Å²) in [6.07, 6.45) is 5.64. The molecule has 0 bridgehead atoms. The molecule has 5 nitrogen and oxygen atoms in total. The fraction of sp³-hybridized carbons (Fsp3) is 0.571. The summed E-state index contributed by atoms with van der Waals surface area (Å²) in [5, 5.41) is 12.2. The highest BCUT2D eigenvalue weighted by Crippen LogP contribution is 2.23. The Hall–Kier alpha value is -1.62. The van der Waals surface area contributed by atoms with Crippen molar-refractivity contribution in [3.05, 3.63) is 34.7 Å². The third-order valence-electron chi connectivity index (χ3n) is 3.70. The summed E-state index contributed by atoms with van der Waals surface area (Å²) in [5.41, 5.74) is -0.181. The van der Waals surface area contributed by atoms with E-state index in [1.807, 2.05) is 0 Å². The Bertz CT molecular complexity index is 484. The first-order valence-electron chi connectivity index (χ1n) is 6.76. The van der Waals surface area contributed by atoms with Crippen LogP contribution >= 0.6 is 0 Å². The van der Waals surface area contributed by atoms with Crippen LogP contribution in [0.2, 0.25) is 0 Å². The molecule has 0 aromatic carbocycles. The van der Waals surface area contributed by atoms with Gasteiger partial charge in [0.2, 0.25) is 5.91 Å². The van der Waals surface area contributed by atoms with Crippen molar-refractivity contribution in [2.24, 2.45) is 5.92 Å². The molecule has 1 aliphatic rings. The van der Waals surface area contributed by atoms with E-state index in [9.17, 15) is 14.7 Å². The second-order valence-corrected chi connectivity index (χ2v) is 5.07. The zero-order chi connectivity index (χ0) is 13.7. The Labute approximate surface area is 112 Å². The summed E-state index contributed by atoms with van der Waals surface area (Å²) < 4.78 is 1.38. The highest BCUT2D eigenvalue weighted by molar-refractivity contribution is 5.76. The minimum Gasteiger partial charge on any atom is -0.396 e. The van der Waals surface area contributed by atoms with Crippen LogP contribution in [0.4, 0.5) is 0 Å². The fourth-order valence-electron chi connectivity index (χ4n) is 2.61. The first kappa shape index (κ1) is 13.8. The van der Waals surface area contributed by atoms with Crippen molar-refractivity contribution >= 4 is 5.91 Å². The SMILES string of the molecule is O=C(Cn1ccccc1=O)NC1CCCCC1CO. The third kappa shape index (κ3) is 3.67. The number of aromatic nitrogens is 1. The molecule has 19 heavy (non-hydrogen) atoms. The zero-order valence-electron chi connectivity index (χ0n) is 10.9. The first-order chi connectivity index (χ1) is 9.20. The van der Waals surface area contributed by atoms with Crippen LogP contribution < -0.4 is 10.9 Å². The Morgan fingerprint density at radius 1 is 1.37 bits per heavy atom. The number of aliphatic hydroxyl groups is 1. The highest BCUT2D eigenvalue weighted by atomic mass is 16.3. The minimum atomic E-state index is -0.181. The molecule has 1 aromatic rings. The highest BCUT2D eigenvalue weighted by Gasteiger charge is 2.25. The van der Waals surface area contributed by atoms with Crippen LogP contribution in [-0.4, -0.2) is 28.2 Å². The lowest BCUT2D eigenvalue weighted by atomic mass is 9.85. The first-order valence-corrected chi connectivity index (χ1v) is 6.76. The Morgan fingerprint density at radius 3 is 2.89 bits per heavy atom. The van der Waals surface area contributed by atoms with Crippen LogP contribution in [0.3, 0.4) is 0 Å². The average molecular weight is 264 g/mol. The molecule has 0 aliphatic heterocycles. The number of hydrogen-bond donors (Lipinski definition) is 2. The molecule has 1 heterocycles. The molecule has 1 amide bonds. The van der Waals surface area contributed by atoms with Crippen molar-refractivity contribution in [3.63, 3.8) is 0 Å². The second kappa shape index (κ2) is 6.52. The van der Waals surface area contributed by atoms with Crippen molar-refractivity contribution in [1.82, 2.24) is 9.88 Å². The number of aliphatic hydroxyl groups excluding tert-OH is 1. The van der Waals surface area contributed by atoms with Gasteiger partial charge in [-0.2, -0.15) is 0 Å². The van der Waals surface area contributed by atoms with Gasteiger partial charge in [-0.1, -0.05) is 18.9 Å². The lowest BCUT2D eigenvalue weighted by molar-refractivity contribution is -0.123. The Balaban J connectivity index is 1.94. The topological polar surface area (TPSA) is 71.3 Å². The molecule has 2 atom stereocenters. The number of carbonyl (C=O) groups excluding carboxylic acids is 1. The molecule has 1 aromatic heterocycles. The number of nitrogens with zero attached hydrogens (tertiary/aromatic N) is 1. The van der Waals surface area contributed by atoms with Gasteiger partial charge in [-0.05, 0) is 18.9 Å². The van der Waals surface area contributed by atoms with Gasteiger partial charge in [0.1, 0.15) is 6.54 Å². The lowest BCUT2D eigenvalue weighted by Crippen LogP contribution is -2.45. The van der Waals surface area contributed by atoms with Crippen molar-refractivity contribution in [1.29, 1.82) is 0 Å². The van der Waals surface area contributed by atoms with Gasteiger partial charge in [0.05, 0.1) is 0 Å². The van der Waals surface area contributed by atoms with Gasteiger partial charge in [0, 0.05) is 30.8 Å². The van der Waals surface area contributed by atoms with E-state index in [1.165, 1.54) is 10.6 Å². The zero-order valence-corrected chi connectivity index (χ0v) is 10.9. The van der Waals surface area contributed by atoms with Crippen molar-refractivity contribution in [2.45, 2.75) is 38.3 Å². The molecule has 0 radical (unpaired) electrons. The minimum absolute atomic E-state index is 0.0330. The molecule has 0 spiro atoms. The number of carbonyl (C=O) groups is 1. The fourth-order valence-corrected chi connectivity index (χ4v) is 2.61. The van der Waals surface area contributed by atoms with Crippen LogP contribution in [0, 0.1) is 5.92 Å². The van der Waals surface area contributed by atoms with E-state index in [1.54, 1.807) is 18.3 Å². The van der Waals surface area contributed by atoms with Gasteiger partial charge in [0.25, 0.3) is 5.56 Å². The number of pyridine rings is 1. The molecule has 2 unspecified atom stereocenters. The molecule has 1 fully saturated rings. The summed E-state index contributed by atoms with van der Waals surface area (Å²) in [7, 11) is 0. The Kier molecular flexibility index (Phi) is 4.74. The molecule has 1 aliphatic carbocycles. The van der Waals surface area contributed by atoms with E-state index >= 15 is 0 Å². The van der Waals surface area contributed by atoms with Gasteiger partial charge in [-0.25, -0.2) is 0 Å². The van der Waals surface area contributed by atoms with E-state index in [0.717, 1.165) is 25.7 Å². The molecular formula is C14H20N2O3. The number of nitrogens with one attached hydrogen (secondary N) is 1. The average Bonchev–Trinajstić information content (AvgIpc) is 2.42. The van der Waals surface area contributed by atoms with Crippen LogP contribution in [-0.2, 0) is 11.3 Å². The summed E-state index contributed by atoms with van der Waals surface area (Å²) in [6.45, 7) is 0.143. The largest absolute Gasteiger partial charge is 0.396 e. The normalized spacial score (nSPS) is 23.0. The van der Waals surface area contributed by atoms with E-state index in [-0.39, 0.29) is 36.6 Å². The molecule has 0 saturated heterocycles. The molecule has 5 heteroatoms. The van der Waals surface area contributed by atoms with Crippen molar-refractivity contribution < 1.29 is 9.90 Å². The van der Waals surface area contributed by atoms with Crippen LogP contribution in [0.25, 0.3) is 0 Å². The summed E-state index contributed by atoms with van der Waals surface area (Å²) >= 11 is 0. The van der Waals surface area contributed by atoms with Crippen molar-refractivity contribution in [2.75, 3.05) is 6.61 Å². The van der Waals surface area contributed by atoms with E-state index in [2.05, 4.69) is 5.32 Å². The quantitative estimate of drug-likeness (QED) is 0.832. The van der Waals surface area contributed by atoms with Crippen LogP contribution in [0.15, 0.2) is 29.2 Å². The van der Waals surface area contributed by atoms with Gasteiger partial charge in [0.15, 0.2) is 0 Å². The maximum absolute atomic E-state index is 11.9. The standard InChI is InChI=1S/C14H20N2O3/c17-10-11-5-1-2-6-12(11)15-13(18)9-16-8-4-3-7-14(16)19/h3-4,7-8,11-12,17H,1-2,5-6,9-10H2,(H,15,18). The summed E-state index contributed by atoms with van der Waals surface area (Å²) in [4.78, 5) is 23.5. The number of amides is 1. The Morgan fingerprint density at radius 2 is 2.16 bits per heavy atom. The maximum atomic E-state index is 11.9. The monoisotopic (exact) mass is 264 g/mol. The number of hydrogen-bond acceptors (Lipinski definition) is 3. The van der Waals surface area contributed by atoms with Crippen LogP contribution in [0.1, 0.15) is 25.7 Å². The van der Waals surface area contributed by atoms with E-state index in [4.69, 9.17) is 0 Å². The van der Waals surface area contributed by atoms with Gasteiger partial charge >= 0.3 is 0 Å². The van der Waals surface area contributed by atoms with Crippen molar-refractivity contribution in [3.8, 4) is 0 Å². The predicted octanol–water partition coefficient (Wildman–Crippen LogP) is 0.516. The predicted molar refractivity (Wildman–Crippen MR) is 71.7 cm³/mol. The molecule has 104 valence electrons. The van der Waals surface area contributed by atoms with E-state index < -0.39 is 0 Å². The van der Waals surface area contributed by atoms with E-state index in [0.29, 0.717) is 0 Å². The second-order valence-electron chi connectivity index (χ2n) is 5.07. The van der Waals surface area contributed by atoms with Gasteiger partial charge in [-0.15, -0.1) is 0 Å².